The standard InChI is InChI=1S/C16H19NO3S/c1-11-8-12(5-6-14(11)20-2)10-17-13(9-16(18)19)15-4-3-7-21-15/h3-8,13,17H,9-10H2,1-2H3,(H,18,19). The van der Waals surface area contributed by atoms with Crippen molar-refractivity contribution in [1.82, 2.24) is 5.32 Å². The van der Waals surface area contributed by atoms with Crippen LogP contribution in [0, 0.1) is 6.92 Å². The maximum absolute atomic E-state index is 11.0. The fourth-order valence-corrected chi connectivity index (χ4v) is 3.03. The summed E-state index contributed by atoms with van der Waals surface area (Å²) in [6.07, 6.45) is 0.0790. The molecular weight excluding hydrogens is 286 g/mol. The van der Waals surface area contributed by atoms with E-state index in [1.54, 1.807) is 18.4 Å². The molecule has 0 radical (unpaired) electrons. The van der Waals surface area contributed by atoms with Gasteiger partial charge in [0.25, 0.3) is 0 Å². The van der Waals surface area contributed by atoms with E-state index in [-0.39, 0.29) is 12.5 Å². The predicted molar refractivity (Wildman–Crippen MR) is 83.9 cm³/mol. The van der Waals surface area contributed by atoms with Crippen molar-refractivity contribution >= 4 is 17.3 Å². The molecule has 0 fully saturated rings. The van der Waals surface area contributed by atoms with E-state index in [0.29, 0.717) is 6.54 Å². The Labute approximate surface area is 128 Å². The number of methoxy groups -OCH3 is 1. The van der Waals surface area contributed by atoms with E-state index in [1.165, 1.54) is 0 Å². The van der Waals surface area contributed by atoms with Crippen LogP contribution in [0.1, 0.15) is 28.5 Å². The second-order valence-corrected chi connectivity index (χ2v) is 5.83. The molecule has 1 unspecified atom stereocenters. The van der Waals surface area contributed by atoms with Gasteiger partial charge in [0, 0.05) is 11.4 Å². The van der Waals surface area contributed by atoms with Gasteiger partial charge in [0.2, 0.25) is 0 Å². The zero-order valence-electron chi connectivity index (χ0n) is 12.1. The Morgan fingerprint density at radius 2 is 2.24 bits per heavy atom. The van der Waals surface area contributed by atoms with Crippen molar-refractivity contribution in [2.75, 3.05) is 7.11 Å². The molecule has 2 N–H and O–H groups in total. The molecule has 5 heteroatoms. The number of thiophene rings is 1. The molecule has 0 saturated heterocycles. The van der Waals surface area contributed by atoms with E-state index in [9.17, 15) is 4.79 Å². The first-order valence-corrected chi connectivity index (χ1v) is 7.60. The summed E-state index contributed by atoms with van der Waals surface area (Å²) in [5.74, 6) is 0.0610. The first kappa shape index (κ1) is 15.5. The summed E-state index contributed by atoms with van der Waals surface area (Å²) in [6, 6.07) is 9.72. The molecule has 0 amide bonds. The van der Waals surface area contributed by atoms with Crippen molar-refractivity contribution < 1.29 is 14.6 Å². The molecule has 2 aromatic rings. The van der Waals surface area contributed by atoms with Gasteiger partial charge in [-0.1, -0.05) is 18.2 Å². The third-order valence-corrected chi connectivity index (χ3v) is 4.26. The summed E-state index contributed by atoms with van der Waals surface area (Å²) in [5, 5.41) is 14.3. The van der Waals surface area contributed by atoms with Gasteiger partial charge in [-0.25, -0.2) is 0 Å². The maximum atomic E-state index is 11.0. The molecule has 1 heterocycles. The number of hydrogen-bond acceptors (Lipinski definition) is 4. The molecule has 2 rings (SSSR count). The van der Waals surface area contributed by atoms with E-state index < -0.39 is 5.97 Å². The summed E-state index contributed by atoms with van der Waals surface area (Å²) in [6.45, 7) is 2.62. The van der Waals surface area contributed by atoms with E-state index in [2.05, 4.69) is 11.4 Å². The molecule has 0 aliphatic carbocycles. The third kappa shape index (κ3) is 4.31. The number of benzene rings is 1. The lowest BCUT2D eigenvalue weighted by atomic mass is 10.1. The van der Waals surface area contributed by atoms with E-state index in [1.807, 2.05) is 36.6 Å². The van der Waals surface area contributed by atoms with E-state index in [0.717, 1.165) is 21.8 Å². The van der Waals surface area contributed by atoms with Crippen molar-refractivity contribution in [1.29, 1.82) is 0 Å². The molecule has 0 aliphatic heterocycles. The van der Waals surface area contributed by atoms with Crippen LogP contribution < -0.4 is 10.1 Å². The summed E-state index contributed by atoms with van der Waals surface area (Å²) in [5.41, 5.74) is 2.18. The normalized spacial score (nSPS) is 12.1. The maximum Gasteiger partial charge on any atom is 0.305 e. The Morgan fingerprint density at radius 1 is 1.43 bits per heavy atom. The minimum absolute atomic E-state index is 0.0790. The fourth-order valence-electron chi connectivity index (χ4n) is 2.23. The average molecular weight is 305 g/mol. The molecule has 0 bridgehead atoms. The van der Waals surface area contributed by atoms with Gasteiger partial charge in [-0.15, -0.1) is 11.3 Å². The van der Waals surface area contributed by atoms with E-state index >= 15 is 0 Å². The van der Waals surface area contributed by atoms with Crippen LogP contribution in [-0.4, -0.2) is 18.2 Å². The van der Waals surface area contributed by atoms with Gasteiger partial charge in [-0.3, -0.25) is 4.79 Å². The van der Waals surface area contributed by atoms with Gasteiger partial charge < -0.3 is 15.2 Å². The SMILES string of the molecule is COc1ccc(CNC(CC(=O)O)c2cccs2)cc1C. The lowest BCUT2D eigenvalue weighted by molar-refractivity contribution is -0.137. The van der Waals surface area contributed by atoms with Crippen LogP contribution in [0.25, 0.3) is 0 Å². The van der Waals surface area contributed by atoms with Crippen LogP contribution in [0.4, 0.5) is 0 Å². The van der Waals surface area contributed by atoms with Crippen LogP contribution in [0.5, 0.6) is 5.75 Å². The molecule has 21 heavy (non-hydrogen) atoms. The topological polar surface area (TPSA) is 58.6 Å². The molecular formula is C16H19NO3S. The van der Waals surface area contributed by atoms with Crippen molar-refractivity contribution in [3.63, 3.8) is 0 Å². The molecule has 0 aliphatic rings. The Morgan fingerprint density at radius 3 is 2.81 bits per heavy atom. The molecule has 112 valence electrons. The van der Waals surface area contributed by atoms with Crippen molar-refractivity contribution in [3.8, 4) is 5.75 Å². The van der Waals surface area contributed by atoms with Gasteiger partial charge in [0.1, 0.15) is 5.75 Å². The quantitative estimate of drug-likeness (QED) is 0.823. The molecule has 1 atom stereocenters. The highest BCUT2D eigenvalue weighted by molar-refractivity contribution is 7.10. The summed E-state index contributed by atoms with van der Waals surface area (Å²) < 4.78 is 5.24. The van der Waals surface area contributed by atoms with Crippen LogP contribution in [0.2, 0.25) is 0 Å². The van der Waals surface area contributed by atoms with Gasteiger partial charge in [0.05, 0.1) is 19.6 Å². The number of hydrogen-bond donors (Lipinski definition) is 2. The van der Waals surface area contributed by atoms with Gasteiger partial charge in [-0.2, -0.15) is 0 Å². The molecule has 1 aromatic heterocycles. The number of aliphatic carboxylic acids is 1. The number of ether oxygens (including phenoxy) is 1. The van der Waals surface area contributed by atoms with Gasteiger partial charge >= 0.3 is 5.97 Å². The number of aryl methyl sites for hydroxylation is 1. The Hall–Kier alpha value is -1.85. The fraction of sp³-hybridized carbons (Fsp3) is 0.312. The number of carbonyl (C=O) groups is 1. The molecule has 1 aromatic carbocycles. The largest absolute Gasteiger partial charge is 0.496 e. The number of carboxylic acid groups (broad SMARTS) is 1. The zero-order chi connectivity index (χ0) is 15.2. The second-order valence-electron chi connectivity index (χ2n) is 4.85. The monoisotopic (exact) mass is 305 g/mol. The molecule has 0 spiro atoms. The first-order chi connectivity index (χ1) is 10.1. The number of carboxylic acids is 1. The lowest BCUT2D eigenvalue weighted by Crippen LogP contribution is -2.22. The highest BCUT2D eigenvalue weighted by atomic mass is 32.1. The summed E-state index contributed by atoms with van der Waals surface area (Å²) >= 11 is 1.57. The minimum atomic E-state index is -0.799. The lowest BCUT2D eigenvalue weighted by Gasteiger charge is -2.16. The number of nitrogens with one attached hydrogen (secondary N) is 1. The van der Waals surface area contributed by atoms with Crippen molar-refractivity contribution in [3.05, 3.63) is 51.7 Å². The van der Waals surface area contributed by atoms with Crippen LogP contribution in [0.3, 0.4) is 0 Å². The third-order valence-electron chi connectivity index (χ3n) is 3.28. The second kappa shape index (κ2) is 7.24. The summed E-state index contributed by atoms with van der Waals surface area (Å²) in [7, 11) is 1.65. The number of rotatable bonds is 7. The zero-order valence-corrected chi connectivity index (χ0v) is 12.9. The van der Waals surface area contributed by atoms with Crippen LogP contribution >= 0.6 is 11.3 Å². The van der Waals surface area contributed by atoms with Gasteiger partial charge in [-0.05, 0) is 35.6 Å². The van der Waals surface area contributed by atoms with Crippen molar-refractivity contribution in [2.24, 2.45) is 0 Å². The first-order valence-electron chi connectivity index (χ1n) is 6.72. The summed E-state index contributed by atoms with van der Waals surface area (Å²) in [4.78, 5) is 12.0. The highest BCUT2D eigenvalue weighted by Gasteiger charge is 2.16. The molecule has 4 nitrogen and oxygen atoms in total. The minimum Gasteiger partial charge on any atom is -0.496 e. The van der Waals surface area contributed by atoms with Gasteiger partial charge in [0.15, 0.2) is 0 Å². The van der Waals surface area contributed by atoms with E-state index in [4.69, 9.17) is 9.84 Å². The average Bonchev–Trinajstić information content (AvgIpc) is 2.97. The van der Waals surface area contributed by atoms with Crippen LogP contribution in [-0.2, 0) is 11.3 Å². The van der Waals surface area contributed by atoms with Crippen LogP contribution in [0.15, 0.2) is 35.7 Å². The predicted octanol–water partition coefficient (Wildman–Crippen LogP) is 3.37. The Kier molecular flexibility index (Phi) is 5.36. The molecule has 0 saturated carbocycles. The Bertz CT molecular complexity index is 596. The Balaban J connectivity index is 2.04. The smallest absolute Gasteiger partial charge is 0.305 e. The highest BCUT2D eigenvalue weighted by Crippen LogP contribution is 2.23. The van der Waals surface area contributed by atoms with Crippen molar-refractivity contribution in [2.45, 2.75) is 25.9 Å².